The molecular formula is C19H13N3O4S2. The van der Waals surface area contributed by atoms with E-state index in [0.29, 0.717) is 11.1 Å². The van der Waals surface area contributed by atoms with Gasteiger partial charge in [0.25, 0.3) is 10.0 Å². The van der Waals surface area contributed by atoms with Crippen LogP contribution in [-0.2, 0) is 10.0 Å². The number of nitrogens with one attached hydrogen (secondary N) is 1. The van der Waals surface area contributed by atoms with Crippen LogP contribution in [0.1, 0.15) is 10.4 Å². The predicted molar refractivity (Wildman–Crippen MR) is 107 cm³/mol. The second-order valence-corrected chi connectivity index (χ2v) is 8.10. The van der Waals surface area contributed by atoms with Crippen molar-refractivity contribution in [3.8, 4) is 11.1 Å². The van der Waals surface area contributed by atoms with Crippen LogP contribution >= 0.6 is 11.7 Å². The number of carbonyl (C=O) groups is 1. The summed E-state index contributed by atoms with van der Waals surface area (Å²) < 4.78 is 36.4. The van der Waals surface area contributed by atoms with Crippen LogP contribution in [0.3, 0.4) is 0 Å². The standard InChI is InChI=1S/C19H13N3O4S2/c23-19(24)14-10-9-13(12-5-2-1-3-6-12)11-16(14)22-28(25,26)17-8-4-7-15-18(17)21-27-20-15/h1-11,22H,(H,23,24). The molecular weight excluding hydrogens is 398 g/mol. The van der Waals surface area contributed by atoms with Crippen molar-refractivity contribution in [2.45, 2.75) is 4.90 Å². The van der Waals surface area contributed by atoms with Crippen molar-refractivity contribution in [2.75, 3.05) is 4.72 Å². The molecule has 0 saturated carbocycles. The van der Waals surface area contributed by atoms with Crippen molar-refractivity contribution in [2.24, 2.45) is 0 Å². The molecule has 0 bridgehead atoms. The Morgan fingerprint density at radius 3 is 2.46 bits per heavy atom. The normalized spacial score (nSPS) is 11.4. The first-order valence-corrected chi connectivity index (χ1v) is 10.3. The molecule has 0 saturated heterocycles. The van der Waals surface area contributed by atoms with Crippen molar-refractivity contribution in [1.82, 2.24) is 8.75 Å². The van der Waals surface area contributed by atoms with Gasteiger partial charge in [0.05, 0.1) is 23.0 Å². The summed E-state index contributed by atoms with van der Waals surface area (Å²) in [4.78, 5) is 11.6. The first-order chi connectivity index (χ1) is 13.5. The minimum atomic E-state index is -4.07. The van der Waals surface area contributed by atoms with Crippen molar-refractivity contribution in [1.29, 1.82) is 0 Å². The van der Waals surface area contributed by atoms with E-state index in [2.05, 4.69) is 13.5 Å². The van der Waals surface area contributed by atoms with Gasteiger partial charge in [-0.05, 0) is 35.4 Å². The third-order valence-corrected chi connectivity index (χ3v) is 6.08. The van der Waals surface area contributed by atoms with E-state index in [1.165, 1.54) is 18.2 Å². The van der Waals surface area contributed by atoms with Crippen molar-refractivity contribution in [3.63, 3.8) is 0 Å². The second-order valence-electron chi connectivity index (χ2n) is 5.93. The Balaban J connectivity index is 1.81. The molecule has 0 aliphatic heterocycles. The number of anilines is 1. The maximum Gasteiger partial charge on any atom is 0.337 e. The molecule has 0 aliphatic rings. The summed E-state index contributed by atoms with van der Waals surface area (Å²) in [5, 5.41) is 9.48. The molecule has 28 heavy (non-hydrogen) atoms. The fourth-order valence-corrected chi connectivity index (χ4v) is 4.66. The first kappa shape index (κ1) is 18.1. The summed E-state index contributed by atoms with van der Waals surface area (Å²) in [5.74, 6) is -1.23. The number of benzene rings is 3. The van der Waals surface area contributed by atoms with Gasteiger partial charge in [-0.15, -0.1) is 0 Å². The van der Waals surface area contributed by atoms with Gasteiger partial charge < -0.3 is 5.11 Å². The molecule has 0 fully saturated rings. The molecule has 4 aromatic rings. The van der Waals surface area contributed by atoms with Crippen LogP contribution in [0.25, 0.3) is 22.2 Å². The van der Waals surface area contributed by atoms with Gasteiger partial charge >= 0.3 is 5.97 Å². The number of hydrogen-bond acceptors (Lipinski definition) is 6. The van der Waals surface area contributed by atoms with E-state index < -0.39 is 16.0 Å². The molecule has 7 nitrogen and oxygen atoms in total. The quantitative estimate of drug-likeness (QED) is 0.516. The van der Waals surface area contributed by atoms with E-state index in [-0.39, 0.29) is 21.7 Å². The number of hydrogen-bond donors (Lipinski definition) is 2. The molecule has 1 heterocycles. The minimum absolute atomic E-state index is 0.0194. The van der Waals surface area contributed by atoms with E-state index in [9.17, 15) is 18.3 Å². The summed E-state index contributed by atoms with van der Waals surface area (Å²) in [5.41, 5.74) is 2.07. The van der Waals surface area contributed by atoms with Crippen LogP contribution in [-0.4, -0.2) is 28.2 Å². The zero-order chi connectivity index (χ0) is 19.7. The minimum Gasteiger partial charge on any atom is -0.478 e. The highest BCUT2D eigenvalue weighted by Gasteiger charge is 2.22. The van der Waals surface area contributed by atoms with E-state index in [0.717, 1.165) is 17.3 Å². The van der Waals surface area contributed by atoms with E-state index in [1.54, 1.807) is 18.2 Å². The van der Waals surface area contributed by atoms with Crippen molar-refractivity contribution in [3.05, 3.63) is 72.3 Å². The second kappa shape index (κ2) is 7.02. The molecule has 9 heteroatoms. The number of rotatable bonds is 5. The molecule has 140 valence electrons. The zero-order valence-corrected chi connectivity index (χ0v) is 15.9. The highest BCUT2D eigenvalue weighted by Crippen LogP contribution is 2.29. The maximum atomic E-state index is 13.0. The highest BCUT2D eigenvalue weighted by molar-refractivity contribution is 7.93. The lowest BCUT2D eigenvalue weighted by Gasteiger charge is -2.13. The van der Waals surface area contributed by atoms with Gasteiger partial charge in [-0.1, -0.05) is 42.5 Å². The number of fused-ring (bicyclic) bond motifs is 1. The molecule has 4 rings (SSSR count). The lowest BCUT2D eigenvalue weighted by atomic mass is 10.0. The Morgan fingerprint density at radius 2 is 1.71 bits per heavy atom. The largest absolute Gasteiger partial charge is 0.478 e. The van der Waals surface area contributed by atoms with Gasteiger partial charge in [-0.3, -0.25) is 4.72 Å². The number of nitrogens with zero attached hydrogens (tertiary/aromatic N) is 2. The summed E-state index contributed by atoms with van der Waals surface area (Å²) in [6, 6.07) is 18.4. The molecule has 0 aliphatic carbocycles. The Hall–Kier alpha value is -3.30. The molecule has 0 unspecified atom stereocenters. The van der Waals surface area contributed by atoms with Crippen LogP contribution < -0.4 is 4.72 Å². The van der Waals surface area contributed by atoms with Gasteiger partial charge in [-0.2, -0.15) is 8.75 Å². The van der Waals surface area contributed by atoms with Crippen LogP contribution in [0, 0.1) is 0 Å². The average molecular weight is 411 g/mol. The molecule has 0 amide bonds. The third-order valence-electron chi connectivity index (χ3n) is 4.14. The topological polar surface area (TPSA) is 109 Å². The van der Waals surface area contributed by atoms with Crippen LogP contribution in [0.2, 0.25) is 0 Å². The molecule has 3 aromatic carbocycles. The maximum absolute atomic E-state index is 13.0. The van der Waals surface area contributed by atoms with Gasteiger partial charge in [-0.25, -0.2) is 13.2 Å². The molecule has 2 N–H and O–H groups in total. The fourth-order valence-electron chi connectivity index (χ4n) is 2.82. The number of aromatic nitrogens is 2. The number of sulfonamides is 1. The molecule has 0 radical (unpaired) electrons. The monoisotopic (exact) mass is 411 g/mol. The van der Waals surface area contributed by atoms with E-state index in [1.807, 2.05) is 30.3 Å². The summed E-state index contributed by atoms with van der Waals surface area (Å²) in [6.07, 6.45) is 0. The molecule has 0 atom stereocenters. The zero-order valence-electron chi connectivity index (χ0n) is 14.2. The number of aromatic carboxylic acids is 1. The summed E-state index contributed by atoms with van der Waals surface area (Å²) in [6.45, 7) is 0. The Bertz CT molecular complexity index is 1290. The number of carboxylic acids is 1. The lowest BCUT2D eigenvalue weighted by molar-refractivity contribution is 0.0698. The first-order valence-electron chi connectivity index (χ1n) is 8.12. The Kier molecular flexibility index (Phi) is 4.54. The van der Waals surface area contributed by atoms with Crippen LogP contribution in [0.5, 0.6) is 0 Å². The van der Waals surface area contributed by atoms with Gasteiger partial charge in [0.1, 0.15) is 15.9 Å². The van der Waals surface area contributed by atoms with Gasteiger partial charge in [0.2, 0.25) is 0 Å². The molecule has 0 spiro atoms. The Labute approximate surface area is 164 Å². The smallest absolute Gasteiger partial charge is 0.337 e. The Morgan fingerprint density at radius 1 is 0.929 bits per heavy atom. The average Bonchev–Trinajstić information content (AvgIpc) is 3.16. The SMILES string of the molecule is O=C(O)c1ccc(-c2ccccc2)cc1NS(=O)(=O)c1cccc2nsnc12. The van der Waals surface area contributed by atoms with Crippen molar-refractivity contribution < 1.29 is 18.3 Å². The summed E-state index contributed by atoms with van der Waals surface area (Å²) in [7, 11) is -4.07. The predicted octanol–water partition coefficient (Wildman–Crippen LogP) is 3.86. The fraction of sp³-hybridized carbons (Fsp3) is 0. The lowest BCUT2D eigenvalue weighted by Crippen LogP contribution is -2.16. The highest BCUT2D eigenvalue weighted by atomic mass is 32.2. The van der Waals surface area contributed by atoms with Gasteiger partial charge in [0.15, 0.2) is 0 Å². The van der Waals surface area contributed by atoms with Crippen LogP contribution in [0.15, 0.2) is 71.6 Å². The van der Waals surface area contributed by atoms with Crippen molar-refractivity contribution >= 4 is 44.4 Å². The molecule has 1 aromatic heterocycles. The van der Waals surface area contributed by atoms with E-state index >= 15 is 0 Å². The summed E-state index contributed by atoms with van der Waals surface area (Å²) >= 11 is 0.911. The van der Waals surface area contributed by atoms with E-state index in [4.69, 9.17) is 0 Å². The van der Waals surface area contributed by atoms with Crippen LogP contribution in [0.4, 0.5) is 5.69 Å². The third kappa shape index (κ3) is 3.32. The number of carboxylic acid groups (broad SMARTS) is 1. The van der Waals surface area contributed by atoms with Gasteiger partial charge in [0, 0.05) is 0 Å².